The lowest BCUT2D eigenvalue weighted by molar-refractivity contribution is 0.152. The monoisotopic (exact) mass is 328 g/mol. The summed E-state index contributed by atoms with van der Waals surface area (Å²) in [6, 6.07) is 5.07. The first kappa shape index (κ1) is 16.9. The molecule has 1 aliphatic heterocycles. The number of ether oxygens (including phenoxy) is 1. The number of nitrogens with zero attached hydrogens (tertiary/aromatic N) is 1. The Balaban J connectivity index is 1.97. The van der Waals surface area contributed by atoms with Crippen molar-refractivity contribution < 1.29 is 19.7 Å². The van der Waals surface area contributed by atoms with Gasteiger partial charge < -0.3 is 25.2 Å². The first-order valence-corrected chi connectivity index (χ1v) is 7.54. The molecule has 1 fully saturated rings. The Hall–Kier alpha value is -1.50. The molecule has 22 heavy (non-hydrogen) atoms. The third-order valence-corrected chi connectivity index (χ3v) is 4.40. The second-order valence-corrected chi connectivity index (χ2v) is 5.78. The van der Waals surface area contributed by atoms with Crippen molar-refractivity contribution in [1.82, 2.24) is 10.2 Å². The molecular weight excluding hydrogens is 308 g/mol. The van der Waals surface area contributed by atoms with Crippen molar-refractivity contribution in [2.75, 3.05) is 33.4 Å². The molecule has 1 saturated heterocycles. The summed E-state index contributed by atoms with van der Waals surface area (Å²) >= 11 is 6.13. The molecule has 1 heterocycles. The highest BCUT2D eigenvalue weighted by Gasteiger charge is 2.34. The van der Waals surface area contributed by atoms with Crippen molar-refractivity contribution >= 4 is 17.6 Å². The normalized spacial score (nSPS) is 21.0. The third-order valence-electron chi connectivity index (χ3n) is 4.04. The number of carbonyl (C=O) groups is 1. The Morgan fingerprint density at radius 1 is 1.36 bits per heavy atom. The lowest BCUT2D eigenvalue weighted by Crippen LogP contribution is -2.38. The summed E-state index contributed by atoms with van der Waals surface area (Å²) in [5, 5.41) is 21.9. The maximum atomic E-state index is 12.2. The second kappa shape index (κ2) is 7.67. The third kappa shape index (κ3) is 3.63. The molecule has 122 valence electrons. The Morgan fingerprint density at radius 2 is 2.00 bits per heavy atom. The predicted octanol–water partition coefficient (Wildman–Crippen LogP) is 1.09. The number of benzene rings is 1. The molecule has 1 aromatic carbocycles. The van der Waals surface area contributed by atoms with Crippen LogP contribution in [0.2, 0.25) is 5.02 Å². The van der Waals surface area contributed by atoms with Gasteiger partial charge in [-0.3, -0.25) is 0 Å². The molecule has 0 spiro atoms. The van der Waals surface area contributed by atoms with Gasteiger partial charge in [-0.2, -0.15) is 0 Å². The van der Waals surface area contributed by atoms with E-state index in [1.54, 1.807) is 30.2 Å². The smallest absolute Gasteiger partial charge is 0.317 e. The van der Waals surface area contributed by atoms with E-state index in [9.17, 15) is 15.0 Å². The number of nitrogens with one attached hydrogen (secondary N) is 1. The van der Waals surface area contributed by atoms with Crippen molar-refractivity contribution in [2.24, 2.45) is 11.8 Å². The van der Waals surface area contributed by atoms with E-state index in [0.717, 1.165) is 5.56 Å². The average molecular weight is 329 g/mol. The minimum Gasteiger partial charge on any atom is -0.496 e. The van der Waals surface area contributed by atoms with Gasteiger partial charge in [0.05, 0.1) is 7.11 Å². The maximum Gasteiger partial charge on any atom is 0.317 e. The van der Waals surface area contributed by atoms with Crippen molar-refractivity contribution in [2.45, 2.75) is 6.54 Å². The average Bonchev–Trinajstić information content (AvgIpc) is 2.96. The minimum atomic E-state index is -0.239. The van der Waals surface area contributed by atoms with E-state index in [1.165, 1.54) is 0 Å². The van der Waals surface area contributed by atoms with Gasteiger partial charge in [0.1, 0.15) is 5.75 Å². The number of rotatable bonds is 5. The quantitative estimate of drug-likeness (QED) is 0.755. The van der Waals surface area contributed by atoms with Crippen LogP contribution in [0.5, 0.6) is 5.75 Å². The van der Waals surface area contributed by atoms with Gasteiger partial charge in [0, 0.05) is 55.3 Å². The van der Waals surface area contributed by atoms with Gasteiger partial charge in [-0.25, -0.2) is 4.79 Å². The number of urea groups is 1. The standard InChI is InChI=1S/C15H21ClN2O4/c1-22-14-4-2-3-13(16)12(14)5-17-15(21)18-6-10(8-19)11(7-18)9-20/h2-4,10-11,19-20H,5-9H2,1H3,(H,17,21)/t10-,11+. The SMILES string of the molecule is COc1cccc(Cl)c1CNC(=O)N1C[C@@H](CO)[C@@H](CO)C1. The van der Waals surface area contributed by atoms with Crippen LogP contribution >= 0.6 is 11.6 Å². The molecule has 0 bridgehead atoms. The first-order chi connectivity index (χ1) is 10.6. The largest absolute Gasteiger partial charge is 0.496 e. The van der Waals surface area contributed by atoms with E-state index in [4.69, 9.17) is 16.3 Å². The van der Waals surface area contributed by atoms with Crippen molar-refractivity contribution in [3.8, 4) is 5.75 Å². The zero-order valence-electron chi connectivity index (χ0n) is 12.5. The fraction of sp³-hybridized carbons (Fsp3) is 0.533. The molecule has 0 saturated carbocycles. The highest BCUT2D eigenvalue weighted by molar-refractivity contribution is 6.31. The van der Waals surface area contributed by atoms with Crippen LogP contribution in [0.1, 0.15) is 5.56 Å². The highest BCUT2D eigenvalue weighted by Crippen LogP contribution is 2.26. The number of likely N-dealkylation sites (tertiary alicyclic amines) is 1. The fourth-order valence-corrected chi connectivity index (χ4v) is 2.93. The van der Waals surface area contributed by atoms with Crippen LogP contribution in [0.3, 0.4) is 0 Å². The zero-order valence-corrected chi connectivity index (χ0v) is 13.2. The van der Waals surface area contributed by atoms with Gasteiger partial charge in [0.25, 0.3) is 0 Å². The highest BCUT2D eigenvalue weighted by atomic mass is 35.5. The van der Waals surface area contributed by atoms with Crippen LogP contribution in [-0.4, -0.2) is 54.6 Å². The van der Waals surface area contributed by atoms with Crippen molar-refractivity contribution in [3.05, 3.63) is 28.8 Å². The molecule has 3 N–H and O–H groups in total. The molecule has 0 radical (unpaired) electrons. The summed E-state index contributed by atoms with van der Waals surface area (Å²) < 4.78 is 5.24. The number of hydrogen-bond acceptors (Lipinski definition) is 4. The number of aliphatic hydroxyl groups excluding tert-OH is 2. The lowest BCUT2D eigenvalue weighted by atomic mass is 9.98. The number of hydrogen-bond donors (Lipinski definition) is 3. The van der Waals surface area contributed by atoms with Crippen molar-refractivity contribution in [3.63, 3.8) is 0 Å². The van der Waals surface area contributed by atoms with Crippen LogP contribution in [0.25, 0.3) is 0 Å². The number of halogens is 1. The first-order valence-electron chi connectivity index (χ1n) is 7.16. The predicted molar refractivity (Wildman–Crippen MR) is 83.0 cm³/mol. The molecule has 0 aliphatic carbocycles. The Labute approximate surface area is 134 Å². The molecule has 2 rings (SSSR count). The lowest BCUT2D eigenvalue weighted by Gasteiger charge is -2.18. The Kier molecular flexibility index (Phi) is 5.88. The summed E-state index contributed by atoms with van der Waals surface area (Å²) in [5.74, 6) is 0.465. The van der Waals surface area contributed by atoms with Gasteiger partial charge >= 0.3 is 6.03 Å². The molecule has 7 heteroatoms. The van der Waals surface area contributed by atoms with Crippen LogP contribution in [0.15, 0.2) is 18.2 Å². The maximum absolute atomic E-state index is 12.2. The molecule has 1 aliphatic rings. The Morgan fingerprint density at radius 3 is 2.55 bits per heavy atom. The molecule has 0 aromatic heterocycles. The molecule has 6 nitrogen and oxygen atoms in total. The molecule has 1 aromatic rings. The van der Waals surface area contributed by atoms with Gasteiger partial charge in [0.15, 0.2) is 0 Å². The van der Waals surface area contributed by atoms with Gasteiger partial charge in [-0.05, 0) is 12.1 Å². The number of aliphatic hydroxyl groups is 2. The van der Waals surface area contributed by atoms with E-state index in [2.05, 4.69) is 5.32 Å². The second-order valence-electron chi connectivity index (χ2n) is 5.37. The van der Waals surface area contributed by atoms with E-state index < -0.39 is 0 Å². The fourth-order valence-electron chi connectivity index (χ4n) is 2.70. The topological polar surface area (TPSA) is 82.0 Å². The molecular formula is C15H21ClN2O4. The summed E-state index contributed by atoms with van der Waals surface area (Å²) in [6.07, 6.45) is 0. The molecule has 2 amide bonds. The van der Waals surface area contributed by atoms with Crippen LogP contribution in [-0.2, 0) is 6.54 Å². The van der Waals surface area contributed by atoms with E-state index >= 15 is 0 Å². The number of carbonyl (C=O) groups excluding carboxylic acids is 1. The van der Waals surface area contributed by atoms with Crippen LogP contribution < -0.4 is 10.1 Å². The van der Waals surface area contributed by atoms with Crippen molar-refractivity contribution in [1.29, 1.82) is 0 Å². The number of amides is 2. The molecule has 0 unspecified atom stereocenters. The minimum absolute atomic E-state index is 0.0344. The molecule has 2 atom stereocenters. The summed E-state index contributed by atoms with van der Waals surface area (Å²) in [5.41, 5.74) is 0.719. The van der Waals surface area contributed by atoms with E-state index in [0.29, 0.717) is 23.9 Å². The van der Waals surface area contributed by atoms with Crippen LogP contribution in [0, 0.1) is 11.8 Å². The summed E-state index contributed by atoms with van der Waals surface area (Å²) in [4.78, 5) is 13.8. The van der Waals surface area contributed by atoms with Gasteiger partial charge in [0.2, 0.25) is 0 Å². The summed E-state index contributed by atoms with van der Waals surface area (Å²) in [6.45, 7) is 1.06. The zero-order chi connectivity index (χ0) is 16.1. The number of methoxy groups -OCH3 is 1. The summed E-state index contributed by atoms with van der Waals surface area (Å²) in [7, 11) is 1.55. The van der Waals surface area contributed by atoms with Gasteiger partial charge in [-0.15, -0.1) is 0 Å². The van der Waals surface area contributed by atoms with E-state index in [-0.39, 0.29) is 37.6 Å². The van der Waals surface area contributed by atoms with Gasteiger partial charge in [-0.1, -0.05) is 17.7 Å². The Bertz CT molecular complexity index is 514. The van der Waals surface area contributed by atoms with Crippen LogP contribution in [0.4, 0.5) is 4.79 Å². The van der Waals surface area contributed by atoms with E-state index in [1.807, 2.05) is 0 Å².